The molecule has 3 aliphatic rings. The van der Waals surface area contributed by atoms with Gasteiger partial charge in [0.2, 0.25) is 0 Å². The van der Waals surface area contributed by atoms with Crippen molar-refractivity contribution in [2.24, 2.45) is 5.92 Å². The van der Waals surface area contributed by atoms with Crippen LogP contribution in [0.5, 0.6) is 0 Å². The molecule has 2 heteroatoms. The minimum absolute atomic E-state index is 0.301. The molecule has 0 radical (unpaired) electrons. The van der Waals surface area contributed by atoms with Crippen LogP contribution in [-0.4, -0.2) is 24.8 Å². The van der Waals surface area contributed by atoms with Crippen LogP contribution >= 0.6 is 0 Å². The zero-order valence-corrected chi connectivity index (χ0v) is 11.8. The molecule has 3 rings (SSSR count). The zero-order valence-electron chi connectivity index (χ0n) is 11.8. The third-order valence-corrected chi connectivity index (χ3v) is 5.39. The SMILES string of the molecule is C1CCC2(CC1)CC(CC1CCCCN1)CCO2. The van der Waals surface area contributed by atoms with Crippen molar-refractivity contribution < 1.29 is 4.74 Å². The van der Waals surface area contributed by atoms with Crippen LogP contribution in [0, 0.1) is 5.92 Å². The van der Waals surface area contributed by atoms with E-state index in [-0.39, 0.29) is 0 Å². The molecule has 2 atom stereocenters. The molecule has 1 saturated carbocycles. The van der Waals surface area contributed by atoms with Gasteiger partial charge < -0.3 is 10.1 Å². The first kappa shape index (κ1) is 12.9. The average molecular weight is 251 g/mol. The average Bonchev–Trinajstić information content (AvgIpc) is 2.41. The molecule has 1 aliphatic carbocycles. The first-order chi connectivity index (χ1) is 8.86. The van der Waals surface area contributed by atoms with Gasteiger partial charge in [0, 0.05) is 12.6 Å². The topological polar surface area (TPSA) is 21.3 Å². The molecular formula is C16H29NO. The van der Waals surface area contributed by atoms with Crippen molar-refractivity contribution >= 4 is 0 Å². The van der Waals surface area contributed by atoms with Crippen LogP contribution in [-0.2, 0) is 4.74 Å². The second-order valence-corrected chi connectivity index (χ2v) is 6.83. The van der Waals surface area contributed by atoms with E-state index >= 15 is 0 Å². The lowest BCUT2D eigenvalue weighted by Gasteiger charge is -2.44. The lowest BCUT2D eigenvalue weighted by Crippen LogP contribution is -2.44. The summed E-state index contributed by atoms with van der Waals surface area (Å²) in [5, 5.41) is 3.72. The third-order valence-electron chi connectivity index (χ3n) is 5.39. The van der Waals surface area contributed by atoms with Gasteiger partial charge in [-0.3, -0.25) is 0 Å². The largest absolute Gasteiger partial charge is 0.375 e. The van der Waals surface area contributed by atoms with Gasteiger partial charge in [0.25, 0.3) is 0 Å². The quantitative estimate of drug-likeness (QED) is 0.809. The van der Waals surface area contributed by atoms with Crippen molar-refractivity contribution in [2.75, 3.05) is 13.2 Å². The second-order valence-electron chi connectivity index (χ2n) is 6.83. The normalized spacial score (nSPS) is 36.7. The maximum Gasteiger partial charge on any atom is 0.0685 e. The Balaban J connectivity index is 1.52. The summed E-state index contributed by atoms with van der Waals surface area (Å²) in [7, 11) is 0. The Kier molecular flexibility index (Phi) is 4.25. The molecule has 3 fully saturated rings. The molecule has 18 heavy (non-hydrogen) atoms. The predicted molar refractivity (Wildman–Crippen MR) is 74.8 cm³/mol. The van der Waals surface area contributed by atoms with Crippen LogP contribution in [0.15, 0.2) is 0 Å². The van der Waals surface area contributed by atoms with E-state index in [4.69, 9.17) is 4.74 Å². The molecule has 1 N–H and O–H groups in total. The standard InChI is InChI=1S/C16H29NO/c1-3-8-16(9-4-1)13-14(7-11-18-16)12-15-6-2-5-10-17-15/h14-15,17H,1-13H2. The van der Waals surface area contributed by atoms with E-state index in [1.165, 1.54) is 77.2 Å². The maximum atomic E-state index is 6.21. The molecule has 0 amide bonds. The molecule has 2 heterocycles. The summed E-state index contributed by atoms with van der Waals surface area (Å²) < 4.78 is 6.21. The van der Waals surface area contributed by atoms with Crippen LogP contribution < -0.4 is 5.32 Å². The van der Waals surface area contributed by atoms with Crippen LogP contribution in [0.1, 0.15) is 70.6 Å². The van der Waals surface area contributed by atoms with Gasteiger partial charge >= 0.3 is 0 Å². The highest BCUT2D eigenvalue weighted by molar-refractivity contribution is 4.91. The summed E-state index contributed by atoms with van der Waals surface area (Å²) in [4.78, 5) is 0. The van der Waals surface area contributed by atoms with Crippen LogP contribution in [0.4, 0.5) is 0 Å². The van der Waals surface area contributed by atoms with Gasteiger partial charge in [0.15, 0.2) is 0 Å². The molecule has 1 spiro atoms. The van der Waals surface area contributed by atoms with Gasteiger partial charge in [-0.2, -0.15) is 0 Å². The van der Waals surface area contributed by atoms with Crippen LogP contribution in [0.2, 0.25) is 0 Å². The monoisotopic (exact) mass is 251 g/mol. The molecule has 2 saturated heterocycles. The van der Waals surface area contributed by atoms with Gasteiger partial charge in [-0.25, -0.2) is 0 Å². The molecule has 2 unspecified atom stereocenters. The highest BCUT2D eigenvalue weighted by Crippen LogP contribution is 2.42. The number of hydrogen-bond acceptors (Lipinski definition) is 2. The lowest BCUT2D eigenvalue weighted by molar-refractivity contribution is -0.119. The van der Waals surface area contributed by atoms with E-state index in [1.54, 1.807) is 0 Å². The van der Waals surface area contributed by atoms with Gasteiger partial charge in [-0.15, -0.1) is 0 Å². The fourth-order valence-corrected chi connectivity index (χ4v) is 4.40. The number of rotatable bonds is 2. The van der Waals surface area contributed by atoms with Gasteiger partial charge in [-0.05, 0) is 57.4 Å². The number of nitrogens with one attached hydrogen (secondary N) is 1. The third kappa shape index (κ3) is 3.08. The summed E-state index contributed by atoms with van der Waals surface area (Å²) in [5.74, 6) is 0.924. The molecule has 2 aliphatic heterocycles. The summed E-state index contributed by atoms with van der Waals surface area (Å²) in [6.07, 6.45) is 15.2. The zero-order chi connectivity index (χ0) is 12.3. The van der Waals surface area contributed by atoms with Gasteiger partial charge in [0.05, 0.1) is 5.60 Å². The van der Waals surface area contributed by atoms with E-state index in [9.17, 15) is 0 Å². The molecule has 0 aromatic rings. The summed E-state index contributed by atoms with van der Waals surface area (Å²) in [5.41, 5.74) is 0.301. The second kappa shape index (κ2) is 5.92. The smallest absolute Gasteiger partial charge is 0.0685 e. The van der Waals surface area contributed by atoms with Crippen molar-refractivity contribution in [3.63, 3.8) is 0 Å². The Morgan fingerprint density at radius 1 is 1.00 bits per heavy atom. The number of piperidine rings is 1. The van der Waals surface area contributed by atoms with Crippen molar-refractivity contribution in [3.8, 4) is 0 Å². The fourth-order valence-electron chi connectivity index (χ4n) is 4.40. The van der Waals surface area contributed by atoms with E-state index < -0.39 is 0 Å². The Morgan fingerprint density at radius 3 is 2.67 bits per heavy atom. The highest BCUT2D eigenvalue weighted by atomic mass is 16.5. The number of ether oxygens (including phenoxy) is 1. The van der Waals surface area contributed by atoms with Crippen LogP contribution in [0.3, 0.4) is 0 Å². The molecule has 2 nitrogen and oxygen atoms in total. The first-order valence-corrected chi connectivity index (χ1v) is 8.24. The summed E-state index contributed by atoms with van der Waals surface area (Å²) in [6.45, 7) is 2.27. The van der Waals surface area contributed by atoms with Crippen LogP contribution in [0.25, 0.3) is 0 Å². The summed E-state index contributed by atoms with van der Waals surface area (Å²) in [6, 6.07) is 0.808. The number of hydrogen-bond donors (Lipinski definition) is 1. The Hall–Kier alpha value is -0.0800. The molecular weight excluding hydrogens is 222 g/mol. The van der Waals surface area contributed by atoms with E-state index in [0.29, 0.717) is 5.60 Å². The minimum atomic E-state index is 0.301. The Morgan fingerprint density at radius 2 is 1.89 bits per heavy atom. The van der Waals surface area contributed by atoms with E-state index in [1.807, 2.05) is 0 Å². The molecule has 0 bridgehead atoms. The van der Waals surface area contributed by atoms with Gasteiger partial charge in [0.1, 0.15) is 0 Å². The minimum Gasteiger partial charge on any atom is -0.375 e. The van der Waals surface area contributed by atoms with Crippen molar-refractivity contribution in [3.05, 3.63) is 0 Å². The van der Waals surface area contributed by atoms with Crippen molar-refractivity contribution in [1.82, 2.24) is 5.32 Å². The summed E-state index contributed by atoms with van der Waals surface area (Å²) >= 11 is 0. The maximum absolute atomic E-state index is 6.21. The van der Waals surface area contributed by atoms with Gasteiger partial charge in [-0.1, -0.05) is 25.7 Å². The van der Waals surface area contributed by atoms with E-state index in [2.05, 4.69) is 5.32 Å². The first-order valence-electron chi connectivity index (χ1n) is 8.24. The molecule has 104 valence electrons. The van der Waals surface area contributed by atoms with Crippen molar-refractivity contribution in [1.29, 1.82) is 0 Å². The molecule has 0 aromatic carbocycles. The highest BCUT2D eigenvalue weighted by Gasteiger charge is 2.38. The van der Waals surface area contributed by atoms with E-state index in [0.717, 1.165) is 18.6 Å². The Labute approximate surface area is 112 Å². The Bertz CT molecular complexity index is 248. The lowest BCUT2D eigenvalue weighted by atomic mass is 9.74. The predicted octanol–water partition coefficient (Wildman–Crippen LogP) is 3.65. The van der Waals surface area contributed by atoms with Crippen molar-refractivity contribution in [2.45, 2.75) is 82.3 Å². The fraction of sp³-hybridized carbons (Fsp3) is 1.00. The molecule has 0 aromatic heterocycles.